The Hall–Kier alpha value is -0.670. The third-order valence-corrected chi connectivity index (χ3v) is 6.39. The molecule has 1 aromatic heterocycles. The van der Waals surface area contributed by atoms with Crippen molar-refractivity contribution in [3.63, 3.8) is 0 Å². The average Bonchev–Trinajstić information content (AvgIpc) is 3.00. The van der Waals surface area contributed by atoms with Crippen molar-refractivity contribution in [1.82, 2.24) is 15.4 Å². The second kappa shape index (κ2) is 8.83. The second-order valence-electron chi connectivity index (χ2n) is 5.23. The Balaban J connectivity index is 0.00000242. The Kier molecular flexibility index (Phi) is 7.78. The molecule has 0 spiro atoms. The number of hydrogen-bond donors (Lipinski definition) is 3. The molecule has 1 fully saturated rings. The molecular weight excluding hydrogens is 346 g/mol. The Morgan fingerprint density at radius 2 is 2.32 bits per heavy atom. The highest BCUT2D eigenvalue weighted by Crippen LogP contribution is 2.15. The largest absolute Gasteiger partial charge is 0.354 e. The predicted molar refractivity (Wildman–Crippen MR) is 90.0 cm³/mol. The summed E-state index contributed by atoms with van der Waals surface area (Å²) in [6.07, 6.45) is 2.20. The highest BCUT2D eigenvalue weighted by atomic mass is 35.5. The Morgan fingerprint density at radius 3 is 2.91 bits per heavy atom. The lowest BCUT2D eigenvalue weighted by molar-refractivity contribution is -0.122. The summed E-state index contributed by atoms with van der Waals surface area (Å²) in [6, 6.07) is 2.40. The van der Waals surface area contributed by atoms with Gasteiger partial charge < -0.3 is 10.6 Å². The van der Waals surface area contributed by atoms with Gasteiger partial charge in [-0.05, 0) is 50.2 Å². The molecule has 0 saturated carbocycles. The molecule has 3 N–H and O–H groups in total. The summed E-state index contributed by atoms with van der Waals surface area (Å²) < 4.78 is 26.7. The van der Waals surface area contributed by atoms with E-state index in [9.17, 15) is 13.2 Å². The van der Waals surface area contributed by atoms with E-state index < -0.39 is 16.1 Å². The summed E-state index contributed by atoms with van der Waals surface area (Å²) in [7, 11) is -3.61. The van der Waals surface area contributed by atoms with Crippen molar-refractivity contribution in [1.29, 1.82) is 0 Å². The number of nitrogens with one attached hydrogen (secondary N) is 3. The smallest absolute Gasteiger partial charge is 0.250 e. The molecule has 2 unspecified atom stereocenters. The minimum absolute atomic E-state index is 0. The first-order chi connectivity index (χ1) is 9.99. The lowest BCUT2D eigenvalue weighted by atomic mass is 10.00. The van der Waals surface area contributed by atoms with Gasteiger partial charge in [-0.25, -0.2) is 8.42 Å². The van der Waals surface area contributed by atoms with Crippen molar-refractivity contribution >= 4 is 39.7 Å². The van der Waals surface area contributed by atoms with Gasteiger partial charge in [0.1, 0.15) is 4.21 Å². The number of carbonyl (C=O) groups excluding carboxylic acids is 1. The Morgan fingerprint density at radius 1 is 1.55 bits per heavy atom. The maximum Gasteiger partial charge on any atom is 0.250 e. The molecule has 0 bridgehead atoms. The summed E-state index contributed by atoms with van der Waals surface area (Å²) in [4.78, 5) is 12.0. The van der Waals surface area contributed by atoms with E-state index in [1.807, 2.05) is 0 Å². The van der Waals surface area contributed by atoms with Crippen molar-refractivity contribution in [3.8, 4) is 0 Å². The summed E-state index contributed by atoms with van der Waals surface area (Å²) in [6.45, 7) is 4.06. The quantitative estimate of drug-likeness (QED) is 0.698. The van der Waals surface area contributed by atoms with E-state index in [2.05, 4.69) is 15.4 Å². The summed E-state index contributed by atoms with van der Waals surface area (Å²) in [5, 5.41) is 7.79. The van der Waals surface area contributed by atoms with E-state index in [-0.39, 0.29) is 22.5 Å². The van der Waals surface area contributed by atoms with Crippen LogP contribution in [0.2, 0.25) is 0 Å². The first-order valence-electron chi connectivity index (χ1n) is 7.03. The molecule has 1 amide bonds. The maximum absolute atomic E-state index is 12.0. The van der Waals surface area contributed by atoms with Gasteiger partial charge in [0.2, 0.25) is 5.91 Å². The number of halogens is 1. The minimum Gasteiger partial charge on any atom is -0.354 e. The molecule has 0 radical (unpaired) electrons. The van der Waals surface area contributed by atoms with Gasteiger partial charge in [-0.3, -0.25) is 4.79 Å². The zero-order chi connectivity index (χ0) is 15.3. The van der Waals surface area contributed by atoms with Crippen molar-refractivity contribution in [3.05, 3.63) is 17.5 Å². The average molecular weight is 368 g/mol. The van der Waals surface area contributed by atoms with Crippen LogP contribution in [0.3, 0.4) is 0 Å². The molecule has 0 aliphatic carbocycles. The fourth-order valence-electron chi connectivity index (χ4n) is 2.26. The van der Waals surface area contributed by atoms with Crippen molar-refractivity contribution < 1.29 is 13.2 Å². The van der Waals surface area contributed by atoms with E-state index in [4.69, 9.17) is 0 Å². The van der Waals surface area contributed by atoms with Crippen LogP contribution in [0.4, 0.5) is 0 Å². The first kappa shape index (κ1) is 19.4. The Bertz CT molecular complexity index is 557. The fourth-order valence-corrected chi connectivity index (χ4v) is 4.47. The van der Waals surface area contributed by atoms with Crippen LogP contribution in [0.5, 0.6) is 0 Å². The molecule has 1 aliphatic heterocycles. The molecule has 2 atom stereocenters. The van der Waals surface area contributed by atoms with Crippen molar-refractivity contribution in [2.24, 2.45) is 5.92 Å². The van der Waals surface area contributed by atoms with Gasteiger partial charge in [0.25, 0.3) is 10.0 Å². The van der Waals surface area contributed by atoms with Crippen LogP contribution in [0.25, 0.3) is 0 Å². The van der Waals surface area contributed by atoms with Gasteiger partial charge in [-0.2, -0.15) is 4.72 Å². The molecule has 2 heterocycles. The second-order valence-corrected chi connectivity index (χ2v) is 8.12. The molecule has 0 aromatic carbocycles. The van der Waals surface area contributed by atoms with Gasteiger partial charge in [-0.1, -0.05) is 6.07 Å². The molecular formula is C13H22ClN3O3S2. The predicted octanol–water partition coefficient (Wildman–Crippen LogP) is 0.952. The van der Waals surface area contributed by atoms with E-state index >= 15 is 0 Å². The number of thiophene rings is 1. The normalized spacial score (nSPS) is 20.0. The van der Waals surface area contributed by atoms with Crippen LogP contribution in [0.15, 0.2) is 21.7 Å². The highest BCUT2D eigenvalue weighted by molar-refractivity contribution is 7.91. The molecule has 22 heavy (non-hydrogen) atoms. The molecule has 6 nitrogen and oxygen atoms in total. The number of amides is 1. The summed E-state index contributed by atoms with van der Waals surface area (Å²) in [5.41, 5.74) is 0. The molecule has 2 rings (SSSR count). The highest BCUT2D eigenvalue weighted by Gasteiger charge is 2.23. The van der Waals surface area contributed by atoms with Crippen LogP contribution in [0.1, 0.15) is 19.8 Å². The van der Waals surface area contributed by atoms with Gasteiger partial charge in [0.15, 0.2) is 0 Å². The monoisotopic (exact) mass is 367 g/mol. The van der Waals surface area contributed by atoms with Crippen LogP contribution in [-0.2, 0) is 14.8 Å². The number of carbonyl (C=O) groups is 1. The van der Waals surface area contributed by atoms with Crippen LogP contribution >= 0.6 is 23.7 Å². The molecule has 1 aromatic rings. The van der Waals surface area contributed by atoms with Crippen molar-refractivity contribution in [2.45, 2.75) is 30.0 Å². The summed E-state index contributed by atoms with van der Waals surface area (Å²) >= 11 is 1.13. The first-order valence-corrected chi connectivity index (χ1v) is 9.39. The van der Waals surface area contributed by atoms with Gasteiger partial charge in [0.05, 0.1) is 6.04 Å². The van der Waals surface area contributed by atoms with Gasteiger partial charge in [0, 0.05) is 6.54 Å². The molecule has 1 aliphatic rings. The van der Waals surface area contributed by atoms with Crippen molar-refractivity contribution in [2.75, 3.05) is 19.6 Å². The Labute approximate surface area is 141 Å². The lowest BCUT2D eigenvalue weighted by Crippen LogP contribution is -2.47. The zero-order valence-electron chi connectivity index (χ0n) is 12.4. The standard InChI is InChI=1S/C13H21N3O3S2.ClH/c1-10(16-21(18,19)12-5-3-7-20-12)13(17)15-9-11-4-2-6-14-8-11;/h3,5,7,10-11,14,16H,2,4,6,8-9H2,1H3,(H,15,17);1H. The fraction of sp³-hybridized carbons (Fsp3) is 0.615. The maximum atomic E-state index is 12.0. The van der Waals surface area contributed by atoms with Gasteiger partial charge in [-0.15, -0.1) is 23.7 Å². The minimum atomic E-state index is -3.61. The number of sulfonamides is 1. The van der Waals surface area contributed by atoms with E-state index in [0.717, 1.165) is 37.3 Å². The van der Waals surface area contributed by atoms with Gasteiger partial charge >= 0.3 is 0 Å². The van der Waals surface area contributed by atoms with Crippen LogP contribution in [-0.4, -0.2) is 40.0 Å². The zero-order valence-corrected chi connectivity index (χ0v) is 14.8. The lowest BCUT2D eigenvalue weighted by Gasteiger charge is -2.23. The summed E-state index contributed by atoms with van der Waals surface area (Å²) in [5.74, 6) is 0.129. The third-order valence-electron chi connectivity index (χ3n) is 3.45. The van der Waals surface area contributed by atoms with Crippen LogP contribution in [0, 0.1) is 5.92 Å². The molecule has 126 valence electrons. The number of rotatable bonds is 6. The SMILES string of the molecule is CC(NS(=O)(=O)c1cccs1)C(=O)NCC1CCCNC1.Cl. The number of hydrogen-bond acceptors (Lipinski definition) is 5. The van der Waals surface area contributed by atoms with E-state index in [1.54, 1.807) is 18.4 Å². The molecule has 9 heteroatoms. The molecule has 1 saturated heterocycles. The van der Waals surface area contributed by atoms with E-state index in [0.29, 0.717) is 12.5 Å². The van der Waals surface area contributed by atoms with Crippen LogP contribution < -0.4 is 15.4 Å². The van der Waals surface area contributed by atoms with E-state index in [1.165, 1.54) is 6.07 Å². The number of piperidine rings is 1. The topological polar surface area (TPSA) is 87.3 Å². The third kappa shape index (κ3) is 5.51.